The molecule has 1 unspecified atom stereocenters. The summed E-state index contributed by atoms with van der Waals surface area (Å²) in [7, 11) is 1.60. The lowest BCUT2D eigenvalue weighted by Crippen LogP contribution is -2.59. The van der Waals surface area contributed by atoms with Crippen LogP contribution in [0.5, 0.6) is 11.5 Å². The van der Waals surface area contributed by atoms with Gasteiger partial charge in [0.15, 0.2) is 5.13 Å². The van der Waals surface area contributed by atoms with E-state index in [0.717, 1.165) is 18.0 Å². The molecule has 3 aromatic rings. The van der Waals surface area contributed by atoms with Crippen molar-refractivity contribution in [2.45, 2.75) is 103 Å². The Labute approximate surface area is 342 Å². The normalized spacial score (nSPS) is 26.4. The lowest BCUT2D eigenvalue weighted by atomic mass is 9.85. The predicted molar refractivity (Wildman–Crippen MR) is 218 cm³/mol. The molecule has 3 amide bonds. The van der Waals surface area contributed by atoms with Crippen molar-refractivity contribution >= 4 is 51.2 Å². The molecule has 15 nitrogen and oxygen atoms in total. The fraction of sp³-hybridized carbons (Fsp3) is 0.571. The highest BCUT2D eigenvalue weighted by Crippen LogP contribution is 2.52. The molecule has 1 aliphatic heterocycles. The van der Waals surface area contributed by atoms with Crippen LogP contribution in [0.4, 0.5) is 9.93 Å². The number of nitrogens with one attached hydrogen (secondary N) is 3. The van der Waals surface area contributed by atoms with Crippen LogP contribution in [-0.4, -0.2) is 107 Å². The van der Waals surface area contributed by atoms with Crippen LogP contribution < -0.4 is 25.4 Å². The van der Waals surface area contributed by atoms with E-state index in [1.807, 2.05) is 58.2 Å². The molecule has 7 rings (SSSR count). The minimum atomic E-state index is -1.52. The summed E-state index contributed by atoms with van der Waals surface area (Å²) in [6, 6.07) is 5.26. The summed E-state index contributed by atoms with van der Waals surface area (Å²) in [6.07, 6.45) is 2.98. The van der Waals surface area contributed by atoms with E-state index < -0.39 is 58.9 Å². The number of methoxy groups -OCH3 is 1. The van der Waals surface area contributed by atoms with Crippen LogP contribution in [0.25, 0.3) is 22.3 Å². The number of ether oxygens (including phenoxy) is 4. The van der Waals surface area contributed by atoms with Gasteiger partial charge in [0.2, 0.25) is 11.8 Å². The number of aliphatic carboxylic acids is 1. The first-order valence-electron chi connectivity index (χ1n) is 20.0. The third-order valence-electron chi connectivity index (χ3n) is 11.5. The number of hydrogen-bond acceptors (Lipinski definition) is 12. The lowest BCUT2D eigenvalue weighted by molar-refractivity contribution is -0.146. The molecule has 2 aromatic heterocycles. The van der Waals surface area contributed by atoms with Crippen LogP contribution in [0.1, 0.15) is 66.7 Å². The van der Waals surface area contributed by atoms with Gasteiger partial charge in [-0.3, -0.25) is 9.59 Å². The Kier molecular flexibility index (Phi) is 11.6. The summed E-state index contributed by atoms with van der Waals surface area (Å²) in [5, 5.41) is 22.3. The highest BCUT2D eigenvalue weighted by molar-refractivity contribution is 7.14. The van der Waals surface area contributed by atoms with Gasteiger partial charge in [0, 0.05) is 48.4 Å². The number of alkyl carbamates (subject to hydrolysis) is 1. The second-order valence-corrected chi connectivity index (χ2v) is 18.2. The average Bonchev–Trinajstić information content (AvgIpc) is 3.83. The van der Waals surface area contributed by atoms with Crippen molar-refractivity contribution in [1.29, 1.82) is 0 Å². The van der Waals surface area contributed by atoms with Crippen LogP contribution in [0.2, 0.25) is 0 Å². The fourth-order valence-corrected chi connectivity index (χ4v) is 9.04. The van der Waals surface area contributed by atoms with Gasteiger partial charge in [-0.2, -0.15) is 0 Å². The van der Waals surface area contributed by atoms with Crippen molar-refractivity contribution in [2.75, 3.05) is 32.2 Å². The fourth-order valence-electron chi connectivity index (χ4n) is 8.19. The highest BCUT2D eigenvalue weighted by atomic mass is 32.1. The first-order valence-corrected chi connectivity index (χ1v) is 20.9. The molecule has 8 atom stereocenters. The number of carbonyl (C=O) groups is 4. The quantitative estimate of drug-likeness (QED) is 0.103. The van der Waals surface area contributed by atoms with Gasteiger partial charge in [-0.1, -0.05) is 26.8 Å². The van der Waals surface area contributed by atoms with Crippen molar-refractivity contribution < 1.29 is 43.2 Å². The topological polar surface area (TPSA) is 191 Å². The van der Waals surface area contributed by atoms with Gasteiger partial charge in [-0.05, 0) is 68.9 Å². The molecule has 4 aliphatic rings. The molecule has 0 spiro atoms. The van der Waals surface area contributed by atoms with E-state index in [0.29, 0.717) is 58.8 Å². The maximum atomic E-state index is 14.7. The van der Waals surface area contributed by atoms with Crippen LogP contribution >= 0.6 is 11.3 Å². The third-order valence-corrected chi connectivity index (χ3v) is 12.3. The molecule has 3 heterocycles. The van der Waals surface area contributed by atoms with Crippen molar-refractivity contribution in [3.63, 3.8) is 0 Å². The van der Waals surface area contributed by atoms with Crippen LogP contribution in [0, 0.1) is 23.2 Å². The second-order valence-electron chi connectivity index (χ2n) is 17.4. The zero-order valence-electron chi connectivity index (χ0n) is 33.9. The Hall–Kier alpha value is -4.96. The SMILES string of the molecule is C=C[C@@H]1C[C@]1(NC(=O)[C@@H]1C[C@@H](Oc2cc(-c3csc(NC(C)C)n3)nc3cc(OCCOC)ccc23)CN1C(=O)[C@@H](NC(=O)OC1C[C@@H]2C[C@@H]2C1)C(C)(C)C)C(=O)O. The smallest absolute Gasteiger partial charge is 0.408 e. The maximum absolute atomic E-state index is 14.7. The number of benzene rings is 1. The number of pyridine rings is 1. The predicted octanol–water partition coefficient (Wildman–Crippen LogP) is 5.64. The number of rotatable bonds is 16. The Balaban J connectivity index is 1.19. The number of amides is 3. The van der Waals surface area contributed by atoms with Gasteiger partial charge in [0.05, 0.1) is 24.4 Å². The zero-order valence-corrected chi connectivity index (χ0v) is 34.7. The van der Waals surface area contributed by atoms with E-state index in [9.17, 15) is 24.3 Å². The Bertz CT molecular complexity index is 2060. The molecule has 0 bridgehead atoms. The zero-order chi connectivity index (χ0) is 41.5. The molecular weight excluding hydrogens is 765 g/mol. The number of carboxylic acid groups (broad SMARTS) is 1. The molecular formula is C42H54N6O9S. The van der Waals surface area contributed by atoms with E-state index in [1.165, 1.54) is 28.7 Å². The molecule has 58 heavy (non-hydrogen) atoms. The molecule has 312 valence electrons. The largest absolute Gasteiger partial charge is 0.491 e. The summed E-state index contributed by atoms with van der Waals surface area (Å²) in [5.74, 6) is -0.521. The minimum absolute atomic E-state index is 0.0201. The van der Waals surface area contributed by atoms with Crippen molar-refractivity contribution in [2.24, 2.45) is 23.2 Å². The van der Waals surface area contributed by atoms with Gasteiger partial charge in [0.25, 0.3) is 0 Å². The summed E-state index contributed by atoms with van der Waals surface area (Å²) in [4.78, 5) is 65.7. The molecule has 4 fully saturated rings. The molecule has 16 heteroatoms. The number of nitrogens with zero attached hydrogens (tertiary/aromatic N) is 3. The summed E-state index contributed by atoms with van der Waals surface area (Å²) >= 11 is 1.46. The van der Waals surface area contributed by atoms with Gasteiger partial charge >= 0.3 is 12.1 Å². The second kappa shape index (κ2) is 16.4. The summed E-state index contributed by atoms with van der Waals surface area (Å²) in [6.45, 7) is 14.0. The van der Waals surface area contributed by atoms with Gasteiger partial charge in [-0.15, -0.1) is 17.9 Å². The first-order chi connectivity index (χ1) is 27.6. The van der Waals surface area contributed by atoms with Crippen LogP contribution in [-0.2, 0) is 23.9 Å². The molecule has 4 N–H and O–H groups in total. The minimum Gasteiger partial charge on any atom is -0.491 e. The van der Waals surface area contributed by atoms with Gasteiger partial charge < -0.3 is 44.9 Å². The average molecular weight is 819 g/mol. The van der Waals surface area contributed by atoms with Crippen LogP contribution in [0.3, 0.4) is 0 Å². The molecule has 3 aliphatic carbocycles. The molecule has 1 saturated heterocycles. The Morgan fingerprint density at radius 1 is 1.05 bits per heavy atom. The van der Waals surface area contributed by atoms with E-state index in [4.69, 9.17) is 28.9 Å². The summed E-state index contributed by atoms with van der Waals surface area (Å²) in [5.41, 5.74) is -0.539. The standard InChI is InChI=1S/C42H54N6O9S/c1-8-25-19-42(25,38(51)52)47-36(49)33-17-28(20-48(33)37(50)35(41(4,5)6)46-40(53)57-27-14-23-13-24(23)15-27)56-34-18-31(32-21-58-39(45-32)43-22(2)3)44-30-16-26(9-10-29(30)34)55-12-11-54-7/h8-10,16,18,21-25,27-28,33,35H,1,11-15,17,19-20H2,2-7H3,(H,43,45)(H,46,53)(H,47,49)(H,51,52)/t23-,24+,25-,27?,28-,33+,35-,42-/m1/s1. The van der Waals surface area contributed by atoms with E-state index in [1.54, 1.807) is 13.2 Å². The number of hydrogen-bond donors (Lipinski definition) is 4. The maximum Gasteiger partial charge on any atom is 0.408 e. The Morgan fingerprint density at radius 2 is 1.81 bits per heavy atom. The third kappa shape index (κ3) is 8.87. The molecule has 3 saturated carbocycles. The van der Waals surface area contributed by atoms with E-state index >= 15 is 0 Å². The molecule has 1 aromatic carbocycles. The van der Waals surface area contributed by atoms with Crippen molar-refractivity contribution in [3.05, 3.63) is 42.3 Å². The Morgan fingerprint density at radius 3 is 2.47 bits per heavy atom. The number of likely N-dealkylation sites (tertiary alicyclic amines) is 1. The number of anilines is 1. The van der Waals surface area contributed by atoms with Crippen LogP contribution in [0.15, 0.2) is 42.3 Å². The van der Waals surface area contributed by atoms with Crippen molar-refractivity contribution in [1.82, 2.24) is 25.5 Å². The van der Waals surface area contributed by atoms with E-state index in [2.05, 4.69) is 22.5 Å². The first kappa shape index (κ1) is 41.2. The number of aromatic nitrogens is 2. The highest BCUT2D eigenvalue weighted by Gasteiger charge is 2.61. The number of carboxylic acids is 1. The van der Waals surface area contributed by atoms with Gasteiger partial charge in [0.1, 0.15) is 53.6 Å². The molecule has 0 radical (unpaired) electrons. The van der Waals surface area contributed by atoms with Gasteiger partial charge in [-0.25, -0.2) is 19.6 Å². The number of thiazole rings is 1. The van der Waals surface area contributed by atoms with E-state index in [-0.39, 0.29) is 31.5 Å². The number of carbonyl (C=O) groups excluding carboxylic acids is 3. The number of fused-ring (bicyclic) bond motifs is 2. The summed E-state index contributed by atoms with van der Waals surface area (Å²) < 4.78 is 23.6. The lowest BCUT2D eigenvalue weighted by Gasteiger charge is -2.35. The monoisotopic (exact) mass is 818 g/mol. The van der Waals surface area contributed by atoms with Crippen molar-refractivity contribution in [3.8, 4) is 22.9 Å².